The molecule has 9 nitrogen and oxygen atoms in total. The standard InChI is InChI=1S/C33H40ClN3O6/c1-7-18-37(31(41)26(35-32(42)43-33(4,5)6)19-22-14-16-23(38)17-15-22)28(24-12-8-11-21(3)29(24)39)30(40)36-27-20(2)10-9-13-25(27)34/h8-17,26,28,38-39H,7,18-19H2,1-6H3,(H,35,42)(H,36,40). The molecule has 0 spiro atoms. The van der Waals surface area contributed by atoms with Crippen molar-refractivity contribution in [3.05, 3.63) is 87.9 Å². The van der Waals surface area contributed by atoms with E-state index in [2.05, 4.69) is 10.6 Å². The molecule has 0 aliphatic carbocycles. The molecule has 0 aliphatic heterocycles. The molecule has 0 aromatic heterocycles. The van der Waals surface area contributed by atoms with E-state index in [1.54, 1.807) is 83.1 Å². The number of rotatable bonds is 10. The van der Waals surface area contributed by atoms with Crippen molar-refractivity contribution in [3.8, 4) is 11.5 Å². The van der Waals surface area contributed by atoms with E-state index in [-0.39, 0.29) is 30.0 Å². The van der Waals surface area contributed by atoms with Crippen LogP contribution in [0.3, 0.4) is 0 Å². The fraction of sp³-hybridized carbons (Fsp3) is 0.364. The smallest absolute Gasteiger partial charge is 0.408 e. The van der Waals surface area contributed by atoms with Gasteiger partial charge in [-0.15, -0.1) is 0 Å². The van der Waals surface area contributed by atoms with Gasteiger partial charge in [0.15, 0.2) is 0 Å². The monoisotopic (exact) mass is 609 g/mol. The minimum atomic E-state index is -1.27. The predicted octanol–water partition coefficient (Wildman–Crippen LogP) is 6.42. The summed E-state index contributed by atoms with van der Waals surface area (Å²) < 4.78 is 5.45. The summed E-state index contributed by atoms with van der Waals surface area (Å²) in [4.78, 5) is 42.8. The van der Waals surface area contributed by atoms with Crippen LogP contribution in [-0.2, 0) is 20.7 Å². The lowest BCUT2D eigenvalue weighted by molar-refractivity contribution is -0.140. The van der Waals surface area contributed by atoms with Crippen LogP contribution < -0.4 is 10.6 Å². The number of ether oxygens (including phenoxy) is 1. The van der Waals surface area contributed by atoms with Crippen LogP contribution in [0.15, 0.2) is 60.7 Å². The van der Waals surface area contributed by atoms with E-state index in [1.807, 2.05) is 6.92 Å². The Labute approximate surface area is 257 Å². The van der Waals surface area contributed by atoms with Crippen molar-refractivity contribution in [2.75, 3.05) is 11.9 Å². The number of amides is 3. The normalized spacial score (nSPS) is 12.6. The summed E-state index contributed by atoms with van der Waals surface area (Å²) in [5.41, 5.74) is 1.71. The maximum atomic E-state index is 14.4. The quantitative estimate of drug-likeness (QED) is 0.210. The van der Waals surface area contributed by atoms with Gasteiger partial charge in [0.2, 0.25) is 5.91 Å². The Hall–Kier alpha value is -4.24. The van der Waals surface area contributed by atoms with E-state index in [9.17, 15) is 24.6 Å². The van der Waals surface area contributed by atoms with E-state index in [1.165, 1.54) is 17.0 Å². The Kier molecular flexibility index (Phi) is 11.1. The molecule has 4 N–H and O–H groups in total. The van der Waals surface area contributed by atoms with Gasteiger partial charge in [-0.05, 0) is 75.9 Å². The highest BCUT2D eigenvalue weighted by Crippen LogP contribution is 2.35. The highest BCUT2D eigenvalue weighted by molar-refractivity contribution is 6.34. The number of halogens is 1. The van der Waals surface area contributed by atoms with Gasteiger partial charge in [-0.3, -0.25) is 9.59 Å². The molecule has 2 unspecified atom stereocenters. The van der Waals surface area contributed by atoms with Crippen LogP contribution in [0.2, 0.25) is 5.02 Å². The highest BCUT2D eigenvalue weighted by atomic mass is 35.5. The van der Waals surface area contributed by atoms with Crippen molar-refractivity contribution in [1.82, 2.24) is 10.2 Å². The van der Waals surface area contributed by atoms with Gasteiger partial charge in [-0.1, -0.05) is 61.0 Å². The van der Waals surface area contributed by atoms with Gasteiger partial charge in [0.05, 0.1) is 10.7 Å². The lowest BCUT2D eigenvalue weighted by Gasteiger charge is -2.35. The number of anilines is 1. The lowest BCUT2D eigenvalue weighted by Crippen LogP contribution is -2.53. The highest BCUT2D eigenvalue weighted by Gasteiger charge is 2.38. The number of nitrogens with one attached hydrogen (secondary N) is 2. The van der Waals surface area contributed by atoms with Crippen LogP contribution >= 0.6 is 11.6 Å². The van der Waals surface area contributed by atoms with Crippen molar-refractivity contribution in [1.29, 1.82) is 0 Å². The minimum absolute atomic E-state index is 0.0519. The number of phenols is 2. The van der Waals surface area contributed by atoms with E-state index in [4.69, 9.17) is 16.3 Å². The third kappa shape index (κ3) is 8.88. The van der Waals surface area contributed by atoms with Crippen molar-refractivity contribution >= 4 is 35.2 Å². The van der Waals surface area contributed by atoms with Crippen molar-refractivity contribution < 1.29 is 29.3 Å². The maximum Gasteiger partial charge on any atom is 0.408 e. The van der Waals surface area contributed by atoms with Crippen LogP contribution in [0.4, 0.5) is 10.5 Å². The Bertz CT molecular complexity index is 1430. The summed E-state index contributed by atoms with van der Waals surface area (Å²) in [6.45, 7) is 10.6. The zero-order valence-electron chi connectivity index (χ0n) is 25.4. The van der Waals surface area contributed by atoms with Gasteiger partial charge in [0.25, 0.3) is 5.91 Å². The number of benzene rings is 3. The lowest BCUT2D eigenvalue weighted by atomic mass is 9.97. The van der Waals surface area contributed by atoms with Crippen LogP contribution in [0.25, 0.3) is 0 Å². The molecule has 0 radical (unpaired) electrons. The molecule has 3 aromatic rings. The zero-order valence-corrected chi connectivity index (χ0v) is 26.2. The van der Waals surface area contributed by atoms with Crippen molar-refractivity contribution in [2.45, 2.75) is 72.1 Å². The summed E-state index contributed by atoms with van der Waals surface area (Å²) >= 11 is 6.42. The fourth-order valence-corrected chi connectivity index (χ4v) is 4.93. The SMILES string of the molecule is CCCN(C(=O)C(Cc1ccc(O)cc1)NC(=O)OC(C)(C)C)C(C(=O)Nc1c(C)cccc1Cl)c1cccc(C)c1O. The Morgan fingerprint density at radius 3 is 2.19 bits per heavy atom. The molecule has 0 heterocycles. The molecule has 0 saturated heterocycles. The topological polar surface area (TPSA) is 128 Å². The van der Waals surface area contributed by atoms with E-state index in [0.29, 0.717) is 28.3 Å². The van der Waals surface area contributed by atoms with Crippen LogP contribution in [0.5, 0.6) is 11.5 Å². The molecule has 2 atom stereocenters. The molecule has 0 bridgehead atoms. The van der Waals surface area contributed by atoms with Gasteiger partial charge in [0.1, 0.15) is 29.2 Å². The molecule has 0 fully saturated rings. The second kappa shape index (κ2) is 14.3. The minimum Gasteiger partial charge on any atom is -0.508 e. The van der Waals surface area contributed by atoms with E-state index in [0.717, 1.165) is 5.56 Å². The number of para-hydroxylation sites is 2. The first-order valence-corrected chi connectivity index (χ1v) is 14.5. The Morgan fingerprint density at radius 1 is 0.953 bits per heavy atom. The molecule has 10 heteroatoms. The second-order valence-electron chi connectivity index (χ2n) is 11.4. The summed E-state index contributed by atoms with van der Waals surface area (Å²) in [6.07, 6.45) is -0.269. The number of phenolic OH excluding ortho intramolecular Hbond substituents is 2. The molecular formula is C33H40ClN3O6. The number of carbonyl (C=O) groups excluding carboxylic acids is 3. The van der Waals surface area contributed by atoms with E-state index < -0.39 is 35.6 Å². The first-order chi connectivity index (χ1) is 20.2. The number of aromatic hydroxyl groups is 2. The first-order valence-electron chi connectivity index (χ1n) is 14.1. The molecule has 3 rings (SSSR count). The average Bonchev–Trinajstić information content (AvgIpc) is 2.92. The third-order valence-corrected chi connectivity index (χ3v) is 7.02. The molecule has 0 aliphatic rings. The number of carbonyl (C=O) groups is 3. The number of nitrogens with zero attached hydrogens (tertiary/aromatic N) is 1. The summed E-state index contributed by atoms with van der Waals surface area (Å²) in [5.74, 6) is -1.21. The first kappa shape index (κ1) is 33.3. The maximum absolute atomic E-state index is 14.4. The largest absolute Gasteiger partial charge is 0.508 e. The molecule has 0 saturated carbocycles. The summed E-state index contributed by atoms with van der Waals surface area (Å²) in [5, 5.41) is 26.7. The number of aryl methyl sites for hydroxylation is 2. The molecule has 3 amide bonds. The van der Waals surface area contributed by atoms with Crippen LogP contribution in [-0.4, -0.2) is 51.2 Å². The molecule has 43 heavy (non-hydrogen) atoms. The van der Waals surface area contributed by atoms with E-state index >= 15 is 0 Å². The Morgan fingerprint density at radius 2 is 1.58 bits per heavy atom. The second-order valence-corrected chi connectivity index (χ2v) is 11.8. The molecule has 230 valence electrons. The zero-order chi connectivity index (χ0) is 31.9. The van der Waals surface area contributed by atoms with Crippen LogP contribution in [0.1, 0.15) is 62.4 Å². The van der Waals surface area contributed by atoms with Crippen molar-refractivity contribution in [3.63, 3.8) is 0 Å². The number of hydrogen-bond donors (Lipinski definition) is 4. The Balaban J connectivity index is 2.11. The van der Waals surface area contributed by atoms with Gasteiger partial charge in [0, 0.05) is 18.5 Å². The van der Waals surface area contributed by atoms with Gasteiger partial charge >= 0.3 is 6.09 Å². The predicted molar refractivity (Wildman–Crippen MR) is 167 cm³/mol. The van der Waals surface area contributed by atoms with Gasteiger partial charge < -0.3 is 30.5 Å². The van der Waals surface area contributed by atoms with Gasteiger partial charge in [-0.2, -0.15) is 0 Å². The molecular weight excluding hydrogens is 570 g/mol. The van der Waals surface area contributed by atoms with Gasteiger partial charge in [-0.25, -0.2) is 4.79 Å². The van der Waals surface area contributed by atoms with Crippen LogP contribution in [0, 0.1) is 13.8 Å². The van der Waals surface area contributed by atoms with Crippen molar-refractivity contribution in [2.24, 2.45) is 0 Å². The number of hydrogen-bond acceptors (Lipinski definition) is 6. The summed E-state index contributed by atoms with van der Waals surface area (Å²) in [7, 11) is 0. The molecule has 3 aromatic carbocycles. The fourth-order valence-electron chi connectivity index (χ4n) is 4.66. The average molecular weight is 610 g/mol. The number of alkyl carbamates (subject to hydrolysis) is 1. The summed E-state index contributed by atoms with van der Waals surface area (Å²) in [6, 6.07) is 14.1. The third-order valence-electron chi connectivity index (χ3n) is 6.71.